The highest BCUT2D eigenvalue weighted by molar-refractivity contribution is 5.60. The molecule has 1 aliphatic heterocycles. The third kappa shape index (κ3) is 5.44. The monoisotopic (exact) mass is 173 g/mol. The summed E-state index contributed by atoms with van der Waals surface area (Å²) in [4.78, 5) is 18.8. The Balaban J connectivity index is 0.000000354. The molecule has 0 bridgehead atoms. The number of cyclic esters (lactones) is 2. The second kappa shape index (κ2) is 6.37. The summed E-state index contributed by atoms with van der Waals surface area (Å²) < 4.78 is 9.36. The summed E-state index contributed by atoms with van der Waals surface area (Å²) in [6, 6.07) is 0. The minimum Gasteiger partial charge on any atom is -0.434 e. The van der Waals surface area contributed by atoms with Crippen LogP contribution in [0.15, 0.2) is 0 Å². The Hall–Kier alpha value is -1.35. The van der Waals surface area contributed by atoms with E-state index in [4.69, 9.17) is 14.9 Å². The fourth-order valence-corrected chi connectivity index (χ4v) is 0.784. The van der Waals surface area contributed by atoms with Crippen molar-refractivity contribution in [1.82, 2.24) is 0 Å². The van der Waals surface area contributed by atoms with Crippen molar-refractivity contribution in [3.8, 4) is 0 Å². The molecule has 1 N–H and O–H groups in total. The van der Waals surface area contributed by atoms with Crippen LogP contribution in [0.25, 0.3) is 0 Å². The summed E-state index contributed by atoms with van der Waals surface area (Å²) in [7, 11) is 0. The SMILES string of the molecule is CC1CCCOC(=O)O1.N=C=O. The van der Waals surface area contributed by atoms with Crippen LogP contribution in [0.2, 0.25) is 0 Å². The number of hydrogen-bond acceptors (Lipinski definition) is 5. The standard InChI is InChI=1S/C6H10O3.CHNO/c1-5-3-2-4-8-6(7)9-5;2-1-3/h5H,2-4H2,1H3;2H. The summed E-state index contributed by atoms with van der Waals surface area (Å²) in [6.45, 7) is 2.37. The summed E-state index contributed by atoms with van der Waals surface area (Å²) >= 11 is 0. The molecule has 0 aromatic carbocycles. The van der Waals surface area contributed by atoms with Crippen molar-refractivity contribution in [2.75, 3.05) is 6.61 Å². The fourth-order valence-electron chi connectivity index (χ4n) is 0.784. The molecule has 0 amide bonds. The topological polar surface area (TPSA) is 76.5 Å². The van der Waals surface area contributed by atoms with E-state index in [0.717, 1.165) is 18.9 Å². The van der Waals surface area contributed by atoms with Gasteiger partial charge in [0.05, 0.1) is 6.61 Å². The molecule has 0 spiro atoms. The van der Waals surface area contributed by atoms with E-state index in [0.29, 0.717) is 6.61 Å². The lowest BCUT2D eigenvalue weighted by molar-refractivity contribution is 0.0488. The molecule has 1 unspecified atom stereocenters. The Bertz CT molecular complexity index is 174. The van der Waals surface area contributed by atoms with E-state index in [9.17, 15) is 4.79 Å². The van der Waals surface area contributed by atoms with Gasteiger partial charge in [0.2, 0.25) is 6.08 Å². The van der Waals surface area contributed by atoms with E-state index < -0.39 is 6.16 Å². The Labute approximate surface area is 70.2 Å². The quantitative estimate of drug-likeness (QED) is 0.339. The molecule has 5 heteroatoms. The lowest BCUT2D eigenvalue weighted by atomic mass is 10.2. The van der Waals surface area contributed by atoms with Crippen molar-refractivity contribution in [3.63, 3.8) is 0 Å². The normalized spacial score (nSPS) is 21.8. The molecule has 1 saturated heterocycles. The van der Waals surface area contributed by atoms with Crippen LogP contribution in [-0.2, 0) is 14.3 Å². The van der Waals surface area contributed by atoms with Gasteiger partial charge < -0.3 is 9.47 Å². The highest BCUT2D eigenvalue weighted by Gasteiger charge is 2.14. The van der Waals surface area contributed by atoms with Crippen LogP contribution in [0.5, 0.6) is 0 Å². The van der Waals surface area contributed by atoms with Gasteiger partial charge in [-0.1, -0.05) is 0 Å². The first-order valence-corrected chi connectivity index (χ1v) is 3.58. The average Bonchev–Trinajstić information content (AvgIpc) is 2.15. The van der Waals surface area contributed by atoms with Gasteiger partial charge in [-0.05, 0) is 19.8 Å². The van der Waals surface area contributed by atoms with Gasteiger partial charge in [0.15, 0.2) is 0 Å². The molecule has 1 fully saturated rings. The fraction of sp³-hybridized carbons (Fsp3) is 0.714. The van der Waals surface area contributed by atoms with Crippen LogP contribution in [-0.4, -0.2) is 24.9 Å². The number of rotatable bonds is 0. The lowest BCUT2D eigenvalue weighted by Gasteiger charge is -2.04. The maximum Gasteiger partial charge on any atom is 0.508 e. The van der Waals surface area contributed by atoms with Crippen LogP contribution in [0.3, 0.4) is 0 Å². The Kier molecular flexibility index (Phi) is 5.65. The van der Waals surface area contributed by atoms with E-state index in [-0.39, 0.29) is 6.10 Å². The van der Waals surface area contributed by atoms with Crippen molar-refractivity contribution in [2.24, 2.45) is 0 Å². The van der Waals surface area contributed by atoms with Gasteiger partial charge in [0.25, 0.3) is 0 Å². The molecule has 5 nitrogen and oxygen atoms in total. The van der Waals surface area contributed by atoms with Crippen molar-refractivity contribution in [1.29, 1.82) is 5.41 Å². The van der Waals surface area contributed by atoms with Crippen molar-refractivity contribution < 1.29 is 19.1 Å². The Morgan fingerprint density at radius 2 is 2.25 bits per heavy atom. The predicted octanol–water partition coefficient (Wildman–Crippen LogP) is 1.22. The molecule has 68 valence electrons. The van der Waals surface area contributed by atoms with E-state index >= 15 is 0 Å². The Morgan fingerprint density at radius 3 is 2.83 bits per heavy atom. The number of carbonyl (C=O) groups excluding carboxylic acids is 2. The first-order valence-electron chi connectivity index (χ1n) is 3.58. The molecule has 1 heterocycles. The van der Waals surface area contributed by atoms with E-state index in [1.54, 1.807) is 0 Å². The minimum atomic E-state index is -0.528. The summed E-state index contributed by atoms with van der Waals surface area (Å²) in [5, 5.41) is 5.40. The molecule has 0 saturated carbocycles. The third-order valence-corrected chi connectivity index (χ3v) is 1.27. The van der Waals surface area contributed by atoms with Crippen molar-refractivity contribution >= 4 is 12.2 Å². The van der Waals surface area contributed by atoms with Gasteiger partial charge in [-0.3, -0.25) is 0 Å². The smallest absolute Gasteiger partial charge is 0.434 e. The minimum absolute atomic E-state index is 0.0278. The zero-order valence-electron chi connectivity index (χ0n) is 6.83. The first kappa shape index (κ1) is 10.7. The first-order chi connectivity index (χ1) is 5.70. The van der Waals surface area contributed by atoms with E-state index in [1.165, 1.54) is 0 Å². The summed E-state index contributed by atoms with van der Waals surface area (Å²) in [5.74, 6) is 0. The number of ether oxygens (including phenoxy) is 2. The maximum atomic E-state index is 10.4. The van der Waals surface area contributed by atoms with Crippen LogP contribution in [0, 0.1) is 5.41 Å². The second-order valence-corrected chi connectivity index (χ2v) is 2.27. The van der Waals surface area contributed by atoms with Crippen LogP contribution in [0.1, 0.15) is 19.8 Å². The molecule has 1 aliphatic rings. The summed E-state index contributed by atoms with van der Waals surface area (Å²) in [5.41, 5.74) is 0. The van der Waals surface area contributed by atoms with Crippen molar-refractivity contribution in [3.05, 3.63) is 0 Å². The number of hydrogen-bond donors (Lipinski definition) is 1. The molecule has 1 rings (SSSR count). The number of isocyanates is 1. The molecular weight excluding hydrogens is 162 g/mol. The number of nitrogens with one attached hydrogen (secondary N) is 1. The lowest BCUT2D eigenvalue weighted by Crippen LogP contribution is -2.10. The van der Waals surface area contributed by atoms with Gasteiger partial charge in [0.1, 0.15) is 6.10 Å². The van der Waals surface area contributed by atoms with Crippen molar-refractivity contribution in [2.45, 2.75) is 25.9 Å². The predicted molar refractivity (Wildman–Crippen MR) is 39.5 cm³/mol. The maximum absolute atomic E-state index is 10.4. The third-order valence-electron chi connectivity index (χ3n) is 1.27. The highest BCUT2D eigenvalue weighted by atomic mass is 16.7. The molecule has 0 radical (unpaired) electrons. The van der Waals surface area contributed by atoms with Gasteiger partial charge in [-0.2, -0.15) is 0 Å². The molecule has 0 aliphatic carbocycles. The van der Waals surface area contributed by atoms with Crippen LogP contribution < -0.4 is 0 Å². The summed E-state index contributed by atoms with van der Waals surface area (Å²) in [6.07, 6.45) is 2.07. The van der Waals surface area contributed by atoms with E-state index in [1.807, 2.05) is 6.92 Å². The Morgan fingerprint density at radius 1 is 1.67 bits per heavy atom. The largest absolute Gasteiger partial charge is 0.508 e. The van der Waals surface area contributed by atoms with Crippen LogP contribution >= 0.6 is 0 Å². The molecule has 12 heavy (non-hydrogen) atoms. The molecule has 0 aromatic rings. The molecule has 0 aromatic heterocycles. The number of carbonyl (C=O) groups is 1. The van der Waals surface area contributed by atoms with Gasteiger partial charge in [-0.15, -0.1) is 0 Å². The average molecular weight is 173 g/mol. The molecular formula is C7H11NO4. The highest BCUT2D eigenvalue weighted by Crippen LogP contribution is 2.07. The van der Waals surface area contributed by atoms with Gasteiger partial charge >= 0.3 is 6.16 Å². The van der Waals surface area contributed by atoms with E-state index in [2.05, 4.69) is 4.74 Å². The zero-order chi connectivity index (χ0) is 9.40. The van der Waals surface area contributed by atoms with Crippen LogP contribution in [0.4, 0.5) is 4.79 Å². The van der Waals surface area contributed by atoms with Gasteiger partial charge in [0, 0.05) is 0 Å². The molecule has 1 atom stereocenters. The van der Waals surface area contributed by atoms with Gasteiger partial charge in [-0.25, -0.2) is 15.0 Å². The zero-order valence-corrected chi connectivity index (χ0v) is 6.83. The second-order valence-electron chi connectivity index (χ2n) is 2.27.